The van der Waals surface area contributed by atoms with Crippen molar-refractivity contribution in [1.82, 2.24) is 5.01 Å². The van der Waals surface area contributed by atoms with E-state index in [2.05, 4.69) is 0 Å². The van der Waals surface area contributed by atoms with Gasteiger partial charge in [0.05, 0.1) is 11.4 Å². The van der Waals surface area contributed by atoms with E-state index >= 15 is 0 Å². The molecule has 0 spiro atoms. The largest absolute Gasteiger partial charge is 0.485 e. The van der Waals surface area contributed by atoms with E-state index in [1.54, 1.807) is 17.0 Å². The minimum Gasteiger partial charge on any atom is -0.485 e. The van der Waals surface area contributed by atoms with Crippen molar-refractivity contribution in [3.05, 3.63) is 36.2 Å². The van der Waals surface area contributed by atoms with E-state index in [-0.39, 0.29) is 12.5 Å². The lowest BCUT2D eigenvalue weighted by atomic mass is 10.2. The third kappa shape index (κ3) is 3.66. The van der Waals surface area contributed by atoms with Gasteiger partial charge in [-0.05, 0) is 25.0 Å². The molecule has 0 saturated heterocycles. The number of carbonyl (C=O) groups is 1. The molecule has 0 atom stereocenters. The van der Waals surface area contributed by atoms with Gasteiger partial charge in [0, 0.05) is 26.2 Å². The molecule has 0 aromatic heterocycles. The lowest BCUT2D eigenvalue weighted by molar-refractivity contribution is -0.118. The van der Waals surface area contributed by atoms with Gasteiger partial charge in [0.15, 0.2) is 0 Å². The Morgan fingerprint density at radius 2 is 2.05 bits per heavy atom. The molecule has 0 fully saturated rings. The summed E-state index contributed by atoms with van der Waals surface area (Å²) in [5.41, 5.74) is 7.09. The van der Waals surface area contributed by atoms with E-state index in [1.165, 1.54) is 6.20 Å². The Morgan fingerprint density at radius 3 is 2.81 bits per heavy atom. The standard InChI is InChI=1S/C15H22N4O2/c1-18-13-6-2-3-7-14(13)21-11-12(10-16)19(17)9-5-4-8-15(18)20/h2-3,6-7,10H,4-5,8-9,11,16-17H2,1H3/b12-10-. The average molecular weight is 290 g/mol. The molecule has 6 nitrogen and oxygen atoms in total. The van der Waals surface area contributed by atoms with Crippen LogP contribution in [0.4, 0.5) is 5.69 Å². The maximum Gasteiger partial charge on any atom is 0.226 e. The molecule has 1 heterocycles. The van der Waals surface area contributed by atoms with Gasteiger partial charge in [0.2, 0.25) is 5.91 Å². The summed E-state index contributed by atoms with van der Waals surface area (Å²) in [7, 11) is 1.77. The SMILES string of the molecule is CN1C(=O)CCCCN(N)/C(=C\N)COc2ccccc21. The van der Waals surface area contributed by atoms with Crippen molar-refractivity contribution in [3.8, 4) is 5.75 Å². The molecule has 0 bridgehead atoms. The summed E-state index contributed by atoms with van der Waals surface area (Å²) in [6, 6.07) is 7.45. The molecule has 0 radical (unpaired) electrons. The molecular formula is C15H22N4O2. The first-order valence-corrected chi connectivity index (χ1v) is 7.05. The van der Waals surface area contributed by atoms with Crippen LogP contribution >= 0.6 is 0 Å². The van der Waals surface area contributed by atoms with Gasteiger partial charge in [0.25, 0.3) is 0 Å². The van der Waals surface area contributed by atoms with Crippen molar-refractivity contribution in [2.24, 2.45) is 11.6 Å². The average Bonchev–Trinajstić information content (AvgIpc) is 2.50. The molecular weight excluding hydrogens is 268 g/mol. The number of hydrogen-bond donors (Lipinski definition) is 2. The Kier molecular flexibility index (Phi) is 5.05. The summed E-state index contributed by atoms with van der Waals surface area (Å²) >= 11 is 0. The van der Waals surface area contributed by atoms with Crippen LogP contribution in [0.2, 0.25) is 0 Å². The lowest BCUT2D eigenvalue weighted by Gasteiger charge is -2.25. The molecule has 6 heteroatoms. The molecule has 1 amide bonds. The summed E-state index contributed by atoms with van der Waals surface area (Å²) in [5.74, 6) is 6.68. The summed E-state index contributed by atoms with van der Waals surface area (Å²) in [5, 5.41) is 1.58. The lowest BCUT2D eigenvalue weighted by Crippen LogP contribution is -2.35. The van der Waals surface area contributed by atoms with Crippen molar-refractivity contribution < 1.29 is 9.53 Å². The quantitative estimate of drug-likeness (QED) is 0.701. The molecule has 4 N–H and O–H groups in total. The molecule has 1 aromatic rings. The molecule has 0 aliphatic carbocycles. The monoisotopic (exact) mass is 290 g/mol. The van der Waals surface area contributed by atoms with Gasteiger partial charge < -0.3 is 20.4 Å². The first kappa shape index (κ1) is 15.2. The predicted molar refractivity (Wildman–Crippen MR) is 82.4 cm³/mol. The van der Waals surface area contributed by atoms with Crippen LogP contribution in [0.3, 0.4) is 0 Å². The maximum atomic E-state index is 12.2. The summed E-state index contributed by atoms with van der Waals surface area (Å²) in [6.45, 7) is 0.914. The second kappa shape index (κ2) is 6.99. The molecule has 0 unspecified atom stereocenters. The molecule has 1 aromatic carbocycles. The van der Waals surface area contributed by atoms with Crippen LogP contribution in [0.5, 0.6) is 5.75 Å². The Bertz CT molecular complexity index is 530. The van der Waals surface area contributed by atoms with Crippen LogP contribution in [0.15, 0.2) is 36.2 Å². The van der Waals surface area contributed by atoms with Gasteiger partial charge in [0.1, 0.15) is 12.4 Å². The van der Waals surface area contributed by atoms with E-state index in [0.29, 0.717) is 18.7 Å². The zero-order valence-electron chi connectivity index (χ0n) is 12.3. The number of nitrogens with zero attached hydrogens (tertiary/aromatic N) is 2. The molecule has 0 saturated carbocycles. The predicted octanol–water partition coefficient (Wildman–Crippen LogP) is 1.19. The highest BCUT2D eigenvalue weighted by molar-refractivity contribution is 5.94. The third-order valence-electron chi connectivity index (χ3n) is 3.58. The third-order valence-corrected chi connectivity index (χ3v) is 3.58. The summed E-state index contributed by atoms with van der Waals surface area (Å²) in [6.07, 6.45) is 3.57. The zero-order chi connectivity index (χ0) is 15.2. The van der Waals surface area contributed by atoms with Gasteiger partial charge in [-0.3, -0.25) is 4.79 Å². The van der Waals surface area contributed by atoms with E-state index in [4.69, 9.17) is 16.3 Å². The van der Waals surface area contributed by atoms with Crippen LogP contribution < -0.4 is 21.2 Å². The maximum absolute atomic E-state index is 12.2. The van der Waals surface area contributed by atoms with Crippen molar-refractivity contribution in [2.75, 3.05) is 25.1 Å². The first-order valence-electron chi connectivity index (χ1n) is 7.05. The van der Waals surface area contributed by atoms with Crippen LogP contribution in [0.1, 0.15) is 19.3 Å². The molecule has 1 aliphatic rings. The molecule has 1 aliphatic heterocycles. The van der Waals surface area contributed by atoms with Gasteiger partial charge in [-0.2, -0.15) is 0 Å². The minimum atomic E-state index is 0.0739. The van der Waals surface area contributed by atoms with Gasteiger partial charge in [-0.1, -0.05) is 12.1 Å². The molecule has 114 valence electrons. The zero-order valence-corrected chi connectivity index (χ0v) is 12.3. The number of rotatable bonds is 0. The summed E-state index contributed by atoms with van der Waals surface area (Å²) in [4.78, 5) is 13.8. The number of benzene rings is 1. The number of amides is 1. The number of fused-ring (bicyclic) bond motifs is 1. The summed E-state index contributed by atoms with van der Waals surface area (Å²) < 4.78 is 5.79. The molecule has 21 heavy (non-hydrogen) atoms. The van der Waals surface area contributed by atoms with Gasteiger partial charge >= 0.3 is 0 Å². The van der Waals surface area contributed by atoms with Crippen molar-refractivity contribution >= 4 is 11.6 Å². The number of hydrogen-bond acceptors (Lipinski definition) is 5. The number of hydrazine groups is 1. The smallest absolute Gasteiger partial charge is 0.226 e. The van der Waals surface area contributed by atoms with Crippen molar-refractivity contribution in [1.29, 1.82) is 0 Å². The van der Waals surface area contributed by atoms with Crippen LogP contribution in [0.25, 0.3) is 0 Å². The van der Waals surface area contributed by atoms with E-state index < -0.39 is 0 Å². The first-order chi connectivity index (χ1) is 10.1. The highest BCUT2D eigenvalue weighted by Crippen LogP contribution is 2.28. The highest BCUT2D eigenvalue weighted by atomic mass is 16.5. The Labute approximate surface area is 124 Å². The van der Waals surface area contributed by atoms with Crippen LogP contribution in [-0.4, -0.2) is 31.1 Å². The van der Waals surface area contributed by atoms with Crippen LogP contribution in [0, 0.1) is 0 Å². The van der Waals surface area contributed by atoms with Gasteiger partial charge in [-0.25, -0.2) is 5.84 Å². The number of nitrogens with two attached hydrogens (primary N) is 2. The number of para-hydroxylation sites is 2. The van der Waals surface area contributed by atoms with E-state index in [9.17, 15) is 4.79 Å². The van der Waals surface area contributed by atoms with E-state index in [0.717, 1.165) is 24.2 Å². The Morgan fingerprint density at radius 1 is 1.29 bits per heavy atom. The fourth-order valence-electron chi connectivity index (χ4n) is 2.24. The number of anilines is 1. The second-order valence-corrected chi connectivity index (χ2v) is 5.02. The fraction of sp³-hybridized carbons (Fsp3) is 0.400. The minimum absolute atomic E-state index is 0.0739. The van der Waals surface area contributed by atoms with Crippen molar-refractivity contribution in [2.45, 2.75) is 19.3 Å². The van der Waals surface area contributed by atoms with Gasteiger partial charge in [-0.15, -0.1) is 0 Å². The Hall–Kier alpha value is -2.21. The Balaban J connectivity index is 2.29. The number of carbonyl (C=O) groups excluding carboxylic acids is 1. The van der Waals surface area contributed by atoms with Crippen LogP contribution in [-0.2, 0) is 4.79 Å². The highest BCUT2D eigenvalue weighted by Gasteiger charge is 2.17. The van der Waals surface area contributed by atoms with E-state index in [1.807, 2.05) is 24.3 Å². The normalized spacial score (nSPS) is 19.5. The topological polar surface area (TPSA) is 84.8 Å². The fourth-order valence-corrected chi connectivity index (χ4v) is 2.24. The molecule has 2 rings (SSSR count). The van der Waals surface area contributed by atoms with Crippen molar-refractivity contribution in [3.63, 3.8) is 0 Å². The number of ether oxygens (including phenoxy) is 1. The second-order valence-electron chi connectivity index (χ2n) is 5.02.